The maximum absolute atomic E-state index is 7.56. The van der Waals surface area contributed by atoms with Crippen molar-refractivity contribution in [2.24, 2.45) is 5.73 Å². The number of amidine groups is 1. The average Bonchev–Trinajstić information content (AvgIpc) is 2.36. The first-order chi connectivity index (χ1) is 8.56. The summed E-state index contributed by atoms with van der Waals surface area (Å²) < 4.78 is 0. The Morgan fingerprint density at radius 2 is 2.00 bits per heavy atom. The highest BCUT2D eigenvalue weighted by molar-refractivity contribution is 7.98. The van der Waals surface area contributed by atoms with E-state index in [-0.39, 0.29) is 11.9 Å². The highest BCUT2D eigenvalue weighted by Crippen LogP contribution is 2.25. The zero-order chi connectivity index (χ0) is 13.5. The maximum atomic E-state index is 7.56. The molecule has 0 radical (unpaired) electrons. The summed E-state index contributed by atoms with van der Waals surface area (Å²) in [7, 11) is 2.11. The topological polar surface area (TPSA) is 53.1 Å². The van der Waals surface area contributed by atoms with Gasteiger partial charge in [0, 0.05) is 24.3 Å². The largest absolute Gasteiger partial charge is 0.388 e. The Hall–Kier alpha value is -1.00. The van der Waals surface area contributed by atoms with Crippen molar-refractivity contribution < 1.29 is 0 Å². The zero-order valence-corrected chi connectivity index (χ0v) is 12.2. The van der Waals surface area contributed by atoms with E-state index < -0.39 is 0 Å². The van der Waals surface area contributed by atoms with Gasteiger partial charge in [-0.05, 0) is 25.8 Å². The lowest BCUT2D eigenvalue weighted by atomic mass is 10.0. The lowest BCUT2D eigenvalue weighted by Crippen LogP contribution is -2.36. The Morgan fingerprint density at radius 1 is 1.39 bits per heavy atom. The number of rotatable bonds is 7. The molecule has 4 heteroatoms. The van der Waals surface area contributed by atoms with E-state index in [4.69, 9.17) is 11.1 Å². The van der Waals surface area contributed by atoms with Gasteiger partial charge in [0.15, 0.2) is 0 Å². The van der Waals surface area contributed by atoms with Gasteiger partial charge in [-0.1, -0.05) is 30.3 Å². The van der Waals surface area contributed by atoms with Crippen LogP contribution in [0.25, 0.3) is 0 Å². The zero-order valence-electron chi connectivity index (χ0n) is 11.4. The van der Waals surface area contributed by atoms with Gasteiger partial charge in [0.25, 0.3) is 0 Å². The van der Waals surface area contributed by atoms with Crippen molar-refractivity contribution >= 4 is 17.6 Å². The van der Waals surface area contributed by atoms with E-state index in [9.17, 15) is 0 Å². The molecule has 1 rings (SSSR count). The molecule has 3 nitrogen and oxygen atoms in total. The molecule has 0 aliphatic carbocycles. The molecule has 0 saturated carbocycles. The van der Waals surface area contributed by atoms with Crippen LogP contribution in [0.15, 0.2) is 30.3 Å². The van der Waals surface area contributed by atoms with Crippen molar-refractivity contribution in [3.05, 3.63) is 35.9 Å². The van der Waals surface area contributed by atoms with Gasteiger partial charge in [0.05, 0.1) is 5.84 Å². The lowest BCUT2D eigenvalue weighted by Gasteiger charge is -2.33. The predicted molar refractivity (Wildman–Crippen MR) is 81.3 cm³/mol. The standard InChI is InChI=1S/C14H23N3S/c1-11(10-18-3)17(2)13(9-14(15)16)12-7-5-4-6-8-12/h4-8,11,13H,9-10H2,1-3H3,(H3,15,16). The lowest BCUT2D eigenvalue weighted by molar-refractivity contribution is 0.203. The van der Waals surface area contributed by atoms with Crippen LogP contribution in [0.3, 0.4) is 0 Å². The molecule has 1 aromatic carbocycles. The van der Waals surface area contributed by atoms with Crippen LogP contribution in [0.2, 0.25) is 0 Å². The number of nitrogens with two attached hydrogens (primary N) is 1. The van der Waals surface area contributed by atoms with Crippen LogP contribution in [0, 0.1) is 5.41 Å². The quantitative estimate of drug-likeness (QED) is 0.589. The first kappa shape index (κ1) is 15.1. The number of benzene rings is 1. The normalized spacial score (nSPS) is 14.4. The van der Waals surface area contributed by atoms with Crippen molar-refractivity contribution in [1.82, 2.24) is 4.90 Å². The summed E-state index contributed by atoms with van der Waals surface area (Å²) in [4.78, 5) is 2.31. The minimum atomic E-state index is 0.186. The minimum Gasteiger partial charge on any atom is -0.388 e. The van der Waals surface area contributed by atoms with E-state index >= 15 is 0 Å². The molecule has 2 atom stereocenters. The summed E-state index contributed by atoms with van der Waals surface area (Å²) in [5.41, 5.74) is 6.82. The Bertz CT molecular complexity index is 367. The minimum absolute atomic E-state index is 0.186. The molecular weight excluding hydrogens is 242 g/mol. The first-order valence-electron chi connectivity index (χ1n) is 6.15. The average molecular weight is 265 g/mol. The van der Waals surface area contributed by atoms with Gasteiger partial charge in [0.2, 0.25) is 0 Å². The summed E-state index contributed by atoms with van der Waals surface area (Å²) in [6, 6.07) is 11.0. The van der Waals surface area contributed by atoms with Crippen LogP contribution >= 0.6 is 11.8 Å². The fourth-order valence-corrected chi connectivity index (χ4v) is 2.76. The molecule has 3 N–H and O–H groups in total. The molecule has 2 unspecified atom stereocenters. The van der Waals surface area contributed by atoms with Crippen molar-refractivity contribution in [2.45, 2.75) is 25.4 Å². The van der Waals surface area contributed by atoms with E-state index in [1.165, 1.54) is 5.56 Å². The molecule has 0 amide bonds. The third-order valence-electron chi connectivity index (χ3n) is 3.19. The van der Waals surface area contributed by atoms with Crippen molar-refractivity contribution in [3.63, 3.8) is 0 Å². The number of hydrogen-bond acceptors (Lipinski definition) is 3. The van der Waals surface area contributed by atoms with Crippen LogP contribution in [0.4, 0.5) is 0 Å². The Kier molecular flexibility index (Phi) is 6.22. The smallest absolute Gasteiger partial charge is 0.0924 e. The van der Waals surface area contributed by atoms with Crippen molar-refractivity contribution in [2.75, 3.05) is 19.1 Å². The van der Waals surface area contributed by atoms with Gasteiger partial charge < -0.3 is 5.73 Å². The Balaban J connectivity index is 2.88. The molecule has 100 valence electrons. The predicted octanol–water partition coefficient (Wildman–Crippen LogP) is 2.74. The molecule has 0 saturated heterocycles. The van der Waals surface area contributed by atoms with Gasteiger partial charge in [-0.15, -0.1) is 0 Å². The van der Waals surface area contributed by atoms with Crippen LogP contribution < -0.4 is 5.73 Å². The molecule has 0 heterocycles. The van der Waals surface area contributed by atoms with Gasteiger partial charge in [-0.2, -0.15) is 11.8 Å². The van der Waals surface area contributed by atoms with Crippen LogP contribution in [0.1, 0.15) is 24.9 Å². The van der Waals surface area contributed by atoms with Crippen LogP contribution in [0.5, 0.6) is 0 Å². The van der Waals surface area contributed by atoms with E-state index in [1.807, 2.05) is 30.0 Å². The van der Waals surface area contributed by atoms with E-state index in [2.05, 4.69) is 37.3 Å². The second kappa shape index (κ2) is 7.44. The van der Waals surface area contributed by atoms with Crippen LogP contribution in [-0.4, -0.2) is 35.8 Å². The summed E-state index contributed by atoms with van der Waals surface area (Å²) in [6.45, 7) is 2.21. The molecular formula is C14H23N3S. The third kappa shape index (κ3) is 4.35. The fourth-order valence-electron chi connectivity index (χ4n) is 2.05. The van der Waals surface area contributed by atoms with E-state index in [1.54, 1.807) is 0 Å². The second-order valence-corrected chi connectivity index (χ2v) is 5.54. The SMILES string of the molecule is CSCC(C)N(C)C(CC(=N)N)c1ccccc1. The van der Waals surface area contributed by atoms with Gasteiger partial charge in [0.1, 0.15) is 0 Å². The van der Waals surface area contributed by atoms with Gasteiger partial charge in [-0.25, -0.2) is 0 Å². The van der Waals surface area contributed by atoms with Crippen molar-refractivity contribution in [1.29, 1.82) is 5.41 Å². The summed E-state index contributed by atoms with van der Waals surface area (Å²) >= 11 is 1.84. The number of nitrogens with zero attached hydrogens (tertiary/aromatic N) is 1. The van der Waals surface area contributed by atoms with E-state index in [0.29, 0.717) is 12.5 Å². The molecule has 1 aromatic rings. The second-order valence-electron chi connectivity index (χ2n) is 4.63. The third-order valence-corrected chi connectivity index (χ3v) is 4.01. The molecule has 18 heavy (non-hydrogen) atoms. The molecule has 0 aliphatic rings. The molecule has 0 aromatic heterocycles. The van der Waals surface area contributed by atoms with E-state index in [0.717, 1.165) is 5.75 Å². The summed E-state index contributed by atoms with van der Waals surface area (Å²) in [6.07, 6.45) is 2.70. The number of thioether (sulfide) groups is 1. The Morgan fingerprint density at radius 3 is 2.50 bits per heavy atom. The fraction of sp³-hybridized carbons (Fsp3) is 0.500. The highest BCUT2D eigenvalue weighted by atomic mass is 32.2. The molecule has 0 spiro atoms. The van der Waals surface area contributed by atoms with Crippen LogP contribution in [-0.2, 0) is 0 Å². The van der Waals surface area contributed by atoms with Gasteiger partial charge >= 0.3 is 0 Å². The molecule has 0 bridgehead atoms. The number of nitrogens with one attached hydrogen (secondary N) is 1. The first-order valence-corrected chi connectivity index (χ1v) is 7.54. The summed E-state index contributed by atoms with van der Waals surface area (Å²) in [5, 5.41) is 7.56. The monoisotopic (exact) mass is 265 g/mol. The molecule has 0 aliphatic heterocycles. The Labute approximate surface area is 114 Å². The molecule has 0 fully saturated rings. The van der Waals surface area contributed by atoms with Gasteiger partial charge in [-0.3, -0.25) is 10.3 Å². The highest BCUT2D eigenvalue weighted by Gasteiger charge is 2.21. The summed E-state index contributed by atoms with van der Waals surface area (Å²) in [5.74, 6) is 1.32. The van der Waals surface area contributed by atoms with Crippen molar-refractivity contribution in [3.8, 4) is 0 Å². The number of hydrogen-bond donors (Lipinski definition) is 2. The maximum Gasteiger partial charge on any atom is 0.0924 e.